The lowest BCUT2D eigenvalue weighted by Gasteiger charge is -2.47. The van der Waals surface area contributed by atoms with Gasteiger partial charge < -0.3 is 9.64 Å². The van der Waals surface area contributed by atoms with Crippen LogP contribution in [0.1, 0.15) is 49.7 Å². The largest absolute Gasteiger partial charge is 0.466 e. The SMILES string of the molecule is CCOC(=O)[C@@H](C[C@H](CC(=O)c1cn[nH]n1)Cc1ccc(-c2cc(Cl)ccc2F)cc1)CN1CC(C)(C)C1. The first kappa shape index (κ1) is 27.9. The molecule has 1 N–H and O–H groups in total. The van der Waals surface area contributed by atoms with Crippen molar-refractivity contribution in [2.75, 3.05) is 26.2 Å². The van der Waals surface area contributed by atoms with Crippen molar-refractivity contribution in [1.82, 2.24) is 20.3 Å². The number of H-pyrrole nitrogens is 1. The lowest BCUT2D eigenvalue weighted by molar-refractivity contribution is -0.150. The van der Waals surface area contributed by atoms with E-state index in [0.717, 1.165) is 18.7 Å². The fraction of sp³-hybridized carbons (Fsp3) is 0.448. The number of Topliss-reactive ketones (excluding diaryl/α,β-unsaturated/α-hetero) is 1. The van der Waals surface area contributed by atoms with Gasteiger partial charge in [0, 0.05) is 36.6 Å². The summed E-state index contributed by atoms with van der Waals surface area (Å²) in [7, 11) is 0. The number of ether oxygens (including phenoxy) is 1. The first-order chi connectivity index (χ1) is 18.1. The molecule has 0 aliphatic carbocycles. The van der Waals surface area contributed by atoms with E-state index in [1.54, 1.807) is 13.0 Å². The van der Waals surface area contributed by atoms with Gasteiger partial charge in [0.25, 0.3) is 0 Å². The zero-order chi connectivity index (χ0) is 27.3. The van der Waals surface area contributed by atoms with Gasteiger partial charge in [0.1, 0.15) is 11.5 Å². The smallest absolute Gasteiger partial charge is 0.310 e. The average Bonchev–Trinajstić information content (AvgIpc) is 3.40. The Kier molecular flexibility index (Phi) is 8.95. The van der Waals surface area contributed by atoms with Crippen LogP contribution in [0.3, 0.4) is 0 Å². The Labute approximate surface area is 227 Å². The molecular formula is C29H34ClFN4O3. The number of benzene rings is 2. The van der Waals surface area contributed by atoms with Crippen LogP contribution in [0.5, 0.6) is 0 Å². The molecule has 1 aromatic heterocycles. The highest BCUT2D eigenvalue weighted by molar-refractivity contribution is 6.30. The maximum atomic E-state index is 14.4. The van der Waals surface area contributed by atoms with E-state index < -0.39 is 0 Å². The number of halogens is 2. The lowest BCUT2D eigenvalue weighted by atomic mass is 9.81. The number of rotatable bonds is 12. The first-order valence-electron chi connectivity index (χ1n) is 13.0. The number of carbonyl (C=O) groups excluding carboxylic acids is 2. The molecule has 1 fully saturated rings. The fourth-order valence-corrected chi connectivity index (χ4v) is 5.50. The summed E-state index contributed by atoms with van der Waals surface area (Å²) < 4.78 is 19.8. The molecule has 0 saturated carbocycles. The number of likely N-dealkylation sites (tertiary alicyclic amines) is 1. The third-order valence-corrected chi connectivity index (χ3v) is 7.15. The van der Waals surface area contributed by atoms with Crippen LogP contribution < -0.4 is 0 Å². The second kappa shape index (κ2) is 12.2. The van der Waals surface area contributed by atoms with Crippen molar-refractivity contribution in [1.29, 1.82) is 0 Å². The van der Waals surface area contributed by atoms with Gasteiger partial charge in [0.05, 0.1) is 18.7 Å². The summed E-state index contributed by atoms with van der Waals surface area (Å²) in [5, 5.41) is 10.6. The van der Waals surface area contributed by atoms with Crippen molar-refractivity contribution in [2.45, 2.75) is 40.0 Å². The van der Waals surface area contributed by atoms with Gasteiger partial charge in [0.2, 0.25) is 0 Å². The van der Waals surface area contributed by atoms with Crippen LogP contribution in [0.15, 0.2) is 48.7 Å². The summed E-state index contributed by atoms with van der Waals surface area (Å²) in [6, 6.07) is 12.0. The third-order valence-electron chi connectivity index (χ3n) is 6.91. The summed E-state index contributed by atoms with van der Waals surface area (Å²) in [6.45, 7) is 8.98. The van der Waals surface area contributed by atoms with Gasteiger partial charge in [0.15, 0.2) is 5.78 Å². The van der Waals surface area contributed by atoms with Crippen LogP contribution in [0.4, 0.5) is 4.39 Å². The molecule has 0 bridgehead atoms. The summed E-state index contributed by atoms with van der Waals surface area (Å²) in [4.78, 5) is 28.2. The van der Waals surface area contributed by atoms with E-state index in [1.807, 2.05) is 24.3 Å². The number of carbonyl (C=O) groups is 2. The summed E-state index contributed by atoms with van der Waals surface area (Å²) in [6.07, 6.45) is 2.71. The van der Waals surface area contributed by atoms with E-state index in [9.17, 15) is 14.0 Å². The van der Waals surface area contributed by atoms with E-state index in [1.165, 1.54) is 18.3 Å². The van der Waals surface area contributed by atoms with Crippen molar-refractivity contribution < 1.29 is 18.7 Å². The number of aromatic nitrogens is 3. The van der Waals surface area contributed by atoms with Gasteiger partial charge in [-0.1, -0.05) is 49.7 Å². The van der Waals surface area contributed by atoms with E-state index in [0.29, 0.717) is 42.1 Å². The minimum atomic E-state index is -0.346. The minimum Gasteiger partial charge on any atom is -0.466 e. The Morgan fingerprint density at radius 2 is 1.92 bits per heavy atom. The molecule has 4 rings (SSSR count). The predicted octanol–water partition coefficient (Wildman–Crippen LogP) is 5.61. The van der Waals surface area contributed by atoms with Crippen LogP contribution in [0.25, 0.3) is 11.1 Å². The zero-order valence-electron chi connectivity index (χ0n) is 22.0. The molecule has 2 atom stereocenters. The van der Waals surface area contributed by atoms with Crippen LogP contribution in [-0.4, -0.2) is 58.3 Å². The number of nitrogens with one attached hydrogen (secondary N) is 1. The Bertz CT molecular complexity index is 1240. The van der Waals surface area contributed by atoms with Crippen molar-refractivity contribution in [3.05, 3.63) is 70.8 Å². The first-order valence-corrected chi connectivity index (χ1v) is 13.3. The highest BCUT2D eigenvalue weighted by Crippen LogP contribution is 2.32. The molecule has 202 valence electrons. The molecule has 1 aliphatic heterocycles. The van der Waals surface area contributed by atoms with Crippen LogP contribution >= 0.6 is 11.6 Å². The number of esters is 1. The normalized spacial score (nSPS) is 16.4. The minimum absolute atomic E-state index is 0.128. The van der Waals surface area contributed by atoms with Crippen molar-refractivity contribution in [2.24, 2.45) is 17.3 Å². The van der Waals surface area contributed by atoms with E-state index in [-0.39, 0.29) is 46.9 Å². The van der Waals surface area contributed by atoms with E-state index in [2.05, 4.69) is 34.2 Å². The van der Waals surface area contributed by atoms with E-state index in [4.69, 9.17) is 16.3 Å². The summed E-state index contributed by atoms with van der Waals surface area (Å²) >= 11 is 6.07. The summed E-state index contributed by atoms with van der Waals surface area (Å²) in [5.41, 5.74) is 2.65. The fourth-order valence-electron chi connectivity index (χ4n) is 5.33. The van der Waals surface area contributed by atoms with Gasteiger partial charge in [-0.05, 0) is 60.4 Å². The molecule has 38 heavy (non-hydrogen) atoms. The van der Waals surface area contributed by atoms with Gasteiger partial charge >= 0.3 is 5.97 Å². The molecule has 1 saturated heterocycles. The molecule has 2 aromatic carbocycles. The highest BCUT2D eigenvalue weighted by atomic mass is 35.5. The van der Waals surface area contributed by atoms with Crippen LogP contribution in [0.2, 0.25) is 5.02 Å². The number of ketones is 1. The number of hydrogen-bond acceptors (Lipinski definition) is 6. The van der Waals surface area contributed by atoms with Gasteiger partial charge in [-0.15, -0.1) is 0 Å². The zero-order valence-corrected chi connectivity index (χ0v) is 22.8. The highest BCUT2D eigenvalue weighted by Gasteiger charge is 2.37. The molecule has 7 nitrogen and oxygen atoms in total. The van der Waals surface area contributed by atoms with Gasteiger partial charge in [-0.25, -0.2) is 4.39 Å². The number of aromatic amines is 1. The van der Waals surface area contributed by atoms with Crippen molar-refractivity contribution in [3.63, 3.8) is 0 Å². The second-order valence-electron chi connectivity index (χ2n) is 10.9. The Morgan fingerprint density at radius 1 is 1.18 bits per heavy atom. The maximum Gasteiger partial charge on any atom is 0.310 e. The van der Waals surface area contributed by atoms with Gasteiger partial charge in [-0.3, -0.25) is 9.59 Å². The molecule has 1 aliphatic rings. The third kappa shape index (κ3) is 7.26. The van der Waals surface area contributed by atoms with E-state index >= 15 is 0 Å². The number of hydrogen-bond donors (Lipinski definition) is 1. The van der Waals surface area contributed by atoms with Crippen LogP contribution in [-0.2, 0) is 16.0 Å². The molecule has 0 unspecified atom stereocenters. The predicted molar refractivity (Wildman–Crippen MR) is 144 cm³/mol. The number of nitrogens with zero attached hydrogens (tertiary/aromatic N) is 3. The lowest BCUT2D eigenvalue weighted by Crippen LogP contribution is -2.55. The Morgan fingerprint density at radius 3 is 2.55 bits per heavy atom. The van der Waals surface area contributed by atoms with Gasteiger partial charge in [-0.2, -0.15) is 15.4 Å². The standard InChI is InChI=1S/C29H34ClFN4O3/c1-4-38-28(37)22(16-35-17-29(2,3)18-35)12-20(13-27(36)26-15-32-34-33-26)11-19-5-7-21(8-6-19)24-14-23(30)9-10-25(24)31/h5-10,14-15,20,22H,4,11-13,16-18H2,1-3H3,(H,32,33,34)/t20-,22+/m1/s1. The van der Waals surface area contributed by atoms with Crippen molar-refractivity contribution in [3.8, 4) is 11.1 Å². The molecule has 3 aromatic rings. The Balaban J connectivity index is 1.53. The van der Waals surface area contributed by atoms with Crippen LogP contribution in [0, 0.1) is 23.1 Å². The maximum absolute atomic E-state index is 14.4. The van der Waals surface area contributed by atoms with Crippen molar-refractivity contribution >= 4 is 23.4 Å². The Hall–Kier alpha value is -3.10. The second-order valence-corrected chi connectivity index (χ2v) is 11.3. The summed E-state index contributed by atoms with van der Waals surface area (Å²) in [5.74, 6) is -1.18. The molecular weight excluding hydrogens is 507 g/mol. The average molecular weight is 541 g/mol. The molecule has 0 amide bonds. The topological polar surface area (TPSA) is 88.2 Å². The molecule has 2 heterocycles. The monoisotopic (exact) mass is 540 g/mol. The molecule has 0 radical (unpaired) electrons. The molecule has 9 heteroatoms. The molecule has 0 spiro atoms. The quantitative estimate of drug-likeness (QED) is 0.237.